The molecular weight excluding hydrogens is 198 g/mol. The summed E-state index contributed by atoms with van der Waals surface area (Å²) in [6, 6.07) is 2.36. The molecule has 82 valence electrons. The maximum absolute atomic E-state index is 11.4. The van der Waals surface area contributed by atoms with E-state index in [1.54, 1.807) is 6.07 Å². The first-order valence-electron chi connectivity index (χ1n) is 4.43. The predicted molar refractivity (Wildman–Crippen MR) is 52.7 cm³/mol. The van der Waals surface area contributed by atoms with Crippen molar-refractivity contribution in [2.75, 3.05) is 0 Å². The van der Waals surface area contributed by atoms with Crippen molar-refractivity contribution in [1.29, 1.82) is 0 Å². The molecule has 5 N–H and O–H groups in total. The number of hydrogen-bond acceptors (Lipinski definition) is 4. The Morgan fingerprint density at radius 3 is 2.67 bits per heavy atom. The standard InChI is InChI=1S/C9H13N3O3/c1-5(8(11)13)12-9(14)7-3-2-6(4-10)15-7/h2-3,5H,4,10H2,1H3,(H2,11,13)(H,12,14). The fraction of sp³-hybridized carbons (Fsp3) is 0.333. The smallest absolute Gasteiger partial charge is 0.287 e. The van der Waals surface area contributed by atoms with Crippen LogP contribution in [0.25, 0.3) is 0 Å². The van der Waals surface area contributed by atoms with Gasteiger partial charge in [-0.15, -0.1) is 0 Å². The molecule has 1 aromatic heterocycles. The molecule has 1 atom stereocenters. The van der Waals surface area contributed by atoms with Crippen molar-refractivity contribution in [3.8, 4) is 0 Å². The maximum atomic E-state index is 11.4. The van der Waals surface area contributed by atoms with Crippen LogP contribution in [0.4, 0.5) is 0 Å². The molecule has 0 bridgehead atoms. The lowest BCUT2D eigenvalue weighted by Gasteiger charge is -2.07. The van der Waals surface area contributed by atoms with Crippen molar-refractivity contribution < 1.29 is 14.0 Å². The molecule has 0 fully saturated rings. The molecule has 0 spiro atoms. The zero-order valence-corrected chi connectivity index (χ0v) is 8.32. The van der Waals surface area contributed by atoms with Crippen LogP contribution in [0, 0.1) is 0 Å². The summed E-state index contributed by atoms with van der Waals surface area (Å²) in [6.45, 7) is 1.71. The molecule has 1 unspecified atom stereocenters. The van der Waals surface area contributed by atoms with Gasteiger partial charge in [0.2, 0.25) is 5.91 Å². The van der Waals surface area contributed by atoms with E-state index in [0.29, 0.717) is 5.76 Å². The molecule has 0 aliphatic rings. The fourth-order valence-electron chi connectivity index (χ4n) is 0.949. The molecule has 6 heteroatoms. The highest BCUT2D eigenvalue weighted by Gasteiger charge is 2.16. The van der Waals surface area contributed by atoms with E-state index in [0.717, 1.165) is 0 Å². The first kappa shape index (κ1) is 11.3. The van der Waals surface area contributed by atoms with Crippen molar-refractivity contribution in [3.63, 3.8) is 0 Å². The van der Waals surface area contributed by atoms with Gasteiger partial charge in [-0.25, -0.2) is 0 Å². The number of carbonyl (C=O) groups excluding carboxylic acids is 2. The van der Waals surface area contributed by atoms with E-state index in [-0.39, 0.29) is 12.3 Å². The quantitative estimate of drug-likeness (QED) is 0.613. The predicted octanol–water partition coefficient (Wildman–Crippen LogP) is -0.658. The Bertz CT molecular complexity index is 372. The summed E-state index contributed by atoms with van der Waals surface area (Å²) in [6.07, 6.45) is 0. The number of furan rings is 1. The van der Waals surface area contributed by atoms with Crippen molar-refractivity contribution in [2.24, 2.45) is 11.5 Å². The first-order valence-corrected chi connectivity index (χ1v) is 4.43. The number of carbonyl (C=O) groups is 2. The Labute approximate surface area is 86.6 Å². The molecule has 1 heterocycles. The molecule has 0 aliphatic carbocycles. The third-order valence-corrected chi connectivity index (χ3v) is 1.86. The Morgan fingerprint density at radius 1 is 1.53 bits per heavy atom. The Morgan fingerprint density at radius 2 is 2.20 bits per heavy atom. The average Bonchev–Trinajstić information content (AvgIpc) is 2.65. The van der Waals surface area contributed by atoms with Crippen LogP contribution in [0.5, 0.6) is 0 Å². The monoisotopic (exact) mass is 211 g/mol. The number of amides is 2. The molecule has 0 saturated heterocycles. The Hall–Kier alpha value is -1.82. The topological polar surface area (TPSA) is 111 Å². The first-order chi connectivity index (χ1) is 7.04. The molecule has 1 aromatic rings. The van der Waals surface area contributed by atoms with Crippen LogP contribution in [0.3, 0.4) is 0 Å². The van der Waals surface area contributed by atoms with Gasteiger partial charge in [-0.1, -0.05) is 0 Å². The van der Waals surface area contributed by atoms with Gasteiger partial charge >= 0.3 is 0 Å². The largest absolute Gasteiger partial charge is 0.455 e. The molecule has 1 rings (SSSR count). The second kappa shape index (κ2) is 4.61. The Kier molecular flexibility index (Phi) is 3.46. The number of primary amides is 1. The molecule has 0 aromatic carbocycles. The molecule has 6 nitrogen and oxygen atoms in total. The number of rotatable bonds is 4. The summed E-state index contributed by atoms with van der Waals surface area (Å²) in [4.78, 5) is 22.1. The van der Waals surface area contributed by atoms with Gasteiger partial charge < -0.3 is 21.2 Å². The maximum Gasteiger partial charge on any atom is 0.287 e. The van der Waals surface area contributed by atoms with E-state index in [9.17, 15) is 9.59 Å². The van der Waals surface area contributed by atoms with Gasteiger partial charge in [0.15, 0.2) is 5.76 Å². The van der Waals surface area contributed by atoms with Crippen molar-refractivity contribution in [3.05, 3.63) is 23.7 Å². The van der Waals surface area contributed by atoms with E-state index >= 15 is 0 Å². The minimum atomic E-state index is -0.732. The summed E-state index contributed by atoms with van der Waals surface area (Å²) in [5, 5.41) is 2.38. The minimum Gasteiger partial charge on any atom is -0.455 e. The second-order valence-electron chi connectivity index (χ2n) is 3.07. The summed E-state index contributed by atoms with van der Waals surface area (Å²) in [7, 11) is 0. The molecule has 15 heavy (non-hydrogen) atoms. The van der Waals surface area contributed by atoms with Gasteiger partial charge in [-0.05, 0) is 19.1 Å². The Balaban J connectivity index is 2.65. The summed E-state index contributed by atoms with van der Waals surface area (Å²) >= 11 is 0. The number of nitrogens with one attached hydrogen (secondary N) is 1. The highest BCUT2D eigenvalue weighted by atomic mass is 16.4. The van der Waals surface area contributed by atoms with E-state index < -0.39 is 17.9 Å². The minimum absolute atomic E-state index is 0.114. The zero-order valence-electron chi connectivity index (χ0n) is 8.32. The number of hydrogen-bond donors (Lipinski definition) is 3. The van der Waals surface area contributed by atoms with Crippen molar-refractivity contribution in [2.45, 2.75) is 19.5 Å². The lowest BCUT2D eigenvalue weighted by molar-refractivity contribution is -0.119. The van der Waals surface area contributed by atoms with E-state index in [1.807, 2.05) is 0 Å². The van der Waals surface area contributed by atoms with E-state index in [2.05, 4.69) is 5.32 Å². The van der Waals surface area contributed by atoms with Crippen LogP contribution in [0.2, 0.25) is 0 Å². The van der Waals surface area contributed by atoms with Gasteiger partial charge in [0.25, 0.3) is 5.91 Å². The van der Waals surface area contributed by atoms with Crippen LogP contribution in [-0.4, -0.2) is 17.9 Å². The van der Waals surface area contributed by atoms with Gasteiger partial charge in [-0.3, -0.25) is 9.59 Å². The molecule has 0 radical (unpaired) electrons. The molecule has 2 amide bonds. The van der Waals surface area contributed by atoms with Crippen LogP contribution in [-0.2, 0) is 11.3 Å². The average molecular weight is 211 g/mol. The second-order valence-corrected chi connectivity index (χ2v) is 3.07. The van der Waals surface area contributed by atoms with E-state index in [4.69, 9.17) is 15.9 Å². The van der Waals surface area contributed by atoms with Crippen molar-refractivity contribution >= 4 is 11.8 Å². The lowest BCUT2D eigenvalue weighted by Crippen LogP contribution is -2.42. The lowest BCUT2D eigenvalue weighted by atomic mass is 10.3. The van der Waals surface area contributed by atoms with Gasteiger partial charge in [-0.2, -0.15) is 0 Å². The molecular formula is C9H13N3O3. The SMILES string of the molecule is CC(NC(=O)c1ccc(CN)o1)C(N)=O. The van der Waals surface area contributed by atoms with Gasteiger partial charge in [0.1, 0.15) is 11.8 Å². The van der Waals surface area contributed by atoms with E-state index in [1.165, 1.54) is 13.0 Å². The summed E-state index contributed by atoms with van der Waals surface area (Å²) < 4.78 is 5.09. The third-order valence-electron chi connectivity index (χ3n) is 1.86. The summed E-state index contributed by atoms with van der Waals surface area (Å²) in [5.41, 5.74) is 10.3. The van der Waals surface area contributed by atoms with Crippen LogP contribution in [0.15, 0.2) is 16.5 Å². The fourth-order valence-corrected chi connectivity index (χ4v) is 0.949. The van der Waals surface area contributed by atoms with Crippen LogP contribution in [0.1, 0.15) is 23.2 Å². The van der Waals surface area contributed by atoms with Crippen LogP contribution >= 0.6 is 0 Å². The van der Waals surface area contributed by atoms with Gasteiger partial charge in [0, 0.05) is 0 Å². The number of nitrogens with two attached hydrogens (primary N) is 2. The third kappa shape index (κ3) is 2.81. The summed E-state index contributed by atoms with van der Waals surface area (Å²) in [5.74, 6) is -0.467. The van der Waals surface area contributed by atoms with Crippen molar-refractivity contribution in [1.82, 2.24) is 5.32 Å². The molecule has 0 aliphatic heterocycles. The van der Waals surface area contributed by atoms with Gasteiger partial charge in [0.05, 0.1) is 6.54 Å². The zero-order chi connectivity index (χ0) is 11.4. The normalized spacial score (nSPS) is 12.1. The highest BCUT2D eigenvalue weighted by molar-refractivity contribution is 5.95. The molecule has 0 saturated carbocycles. The highest BCUT2D eigenvalue weighted by Crippen LogP contribution is 2.06. The van der Waals surface area contributed by atoms with Crippen LogP contribution < -0.4 is 16.8 Å².